The monoisotopic (exact) mass is 243 g/mol. The molecule has 3 nitrogen and oxygen atoms in total. The van der Waals surface area contributed by atoms with Crippen LogP contribution in [0.4, 0.5) is 0 Å². The van der Waals surface area contributed by atoms with Gasteiger partial charge in [-0.25, -0.2) is 0 Å². The maximum atomic E-state index is 11.7. The Balaban J connectivity index is 2.21. The van der Waals surface area contributed by atoms with E-state index in [-0.39, 0.29) is 12.1 Å². The van der Waals surface area contributed by atoms with Crippen molar-refractivity contribution in [3.05, 3.63) is 69.6 Å². The third kappa shape index (κ3) is 2.87. The molecule has 1 aromatic heterocycles. The van der Waals surface area contributed by atoms with E-state index in [9.17, 15) is 9.90 Å². The minimum atomic E-state index is -0.662. The van der Waals surface area contributed by atoms with Gasteiger partial charge in [0.05, 0.1) is 12.6 Å². The number of aliphatic hydroxyl groups is 1. The smallest absolute Gasteiger partial charge is 0.250 e. The van der Waals surface area contributed by atoms with Gasteiger partial charge in [-0.3, -0.25) is 4.79 Å². The highest BCUT2D eigenvalue weighted by Gasteiger charge is 2.09. The van der Waals surface area contributed by atoms with Gasteiger partial charge in [-0.05, 0) is 31.0 Å². The Hall–Kier alpha value is -1.87. The predicted octanol–water partition coefficient (Wildman–Crippen LogP) is 2.20. The number of aliphatic hydroxyl groups excluding tert-OH is 1. The average molecular weight is 243 g/mol. The Kier molecular flexibility index (Phi) is 3.63. The molecule has 0 aliphatic carbocycles. The van der Waals surface area contributed by atoms with Crippen molar-refractivity contribution in [2.45, 2.75) is 26.5 Å². The van der Waals surface area contributed by atoms with Gasteiger partial charge in [-0.15, -0.1) is 0 Å². The number of pyridine rings is 1. The Morgan fingerprint density at radius 2 is 1.89 bits per heavy atom. The SMILES string of the molecule is Cc1cccc(C(O)Cn2ccc(C)cc2=O)c1. The molecule has 1 atom stereocenters. The van der Waals surface area contributed by atoms with Crippen molar-refractivity contribution in [3.8, 4) is 0 Å². The molecule has 0 saturated carbocycles. The molecular formula is C15H17NO2. The lowest BCUT2D eigenvalue weighted by atomic mass is 10.1. The molecule has 0 saturated heterocycles. The summed E-state index contributed by atoms with van der Waals surface area (Å²) in [6.45, 7) is 4.14. The first kappa shape index (κ1) is 12.6. The van der Waals surface area contributed by atoms with Crippen molar-refractivity contribution in [1.82, 2.24) is 4.57 Å². The van der Waals surface area contributed by atoms with Gasteiger partial charge in [0.15, 0.2) is 0 Å². The molecule has 0 radical (unpaired) electrons. The number of aryl methyl sites for hydroxylation is 2. The second kappa shape index (κ2) is 5.19. The van der Waals surface area contributed by atoms with E-state index in [1.54, 1.807) is 12.3 Å². The van der Waals surface area contributed by atoms with Crippen LogP contribution in [0.5, 0.6) is 0 Å². The van der Waals surface area contributed by atoms with E-state index in [2.05, 4.69) is 0 Å². The molecule has 1 N–H and O–H groups in total. The molecule has 2 rings (SSSR count). The van der Waals surface area contributed by atoms with Crippen LogP contribution in [-0.4, -0.2) is 9.67 Å². The quantitative estimate of drug-likeness (QED) is 0.898. The minimum Gasteiger partial charge on any atom is -0.387 e. The number of rotatable bonds is 3. The molecule has 0 fully saturated rings. The van der Waals surface area contributed by atoms with Gasteiger partial charge in [0.2, 0.25) is 0 Å². The van der Waals surface area contributed by atoms with Crippen molar-refractivity contribution in [2.24, 2.45) is 0 Å². The van der Waals surface area contributed by atoms with Gasteiger partial charge in [-0.1, -0.05) is 29.8 Å². The van der Waals surface area contributed by atoms with Gasteiger partial charge in [0.1, 0.15) is 0 Å². The molecule has 0 amide bonds. The molecule has 1 unspecified atom stereocenters. The lowest BCUT2D eigenvalue weighted by Crippen LogP contribution is -2.22. The van der Waals surface area contributed by atoms with Crippen LogP contribution in [0.1, 0.15) is 22.8 Å². The lowest BCUT2D eigenvalue weighted by Gasteiger charge is -2.13. The van der Waals surface area contributed by atoms with Crippen LogP contribution >= 0.6 is 0 Å². The summed E-state index contributed by atoms with van der Waals surface area (Å²) in [7, 11) is 0. The fourth-order valence-electron chi connectivity index (χ4n) is 1.93. The van der Waals surface area contributed by atoms with E-state index < -0.39 is 6.10 Å². The molecule has 0 spiro atoms. The Morgan fingerprint density at radius 1 is 1.17 bits per heavy atom. The molecule has 94 valence electrons. The maximum absolute atomic E-state index is 11.7. The van der Waals surface area contributed by atoms with Crippen LogP contribution in [0, 0.1) is 13.8 Å². The van der Waals surface area contributed by atoms with Crippen LogP contribution in [-0.2, 0) is 6.54 Å². The average Bonchev–Trinajstić information content (AvgIpc) is 2.32. The number of hydrogen-bond acceptors (Lipinski definition) is 2. The second-order valence-electron chi connectivity index (χ2n) is 4.62. The standard InChI is InChI=1S/C15H17NO2/c1-11-4-3-5-13(8-11)14(17)10-16-7-6-12(2)9-15(16)18/h3-9,14,17H,10H2,1-2H3. The van der Waals surface area contributed by atoms with Gasteiger partial charge in [0.25, 0.3) is 5.56 Å². The molecule has 18 heavy (non-hydrogen) atoms. The van der Waals surface area contributed by atoms with E-state index in [0.29, 0.717) is 0 Å². The highest BCUT2D eigenvalue weighted by Crippen LogP contribution is 2.15. The first-order valence-electron chi connectivity index (χ1n) is 5.98. The van der Waals surface area contributed by atoms with Crippen molar-refractivity contribution in [1.29, 1.82) is 0 Å². The van der Waals surface area contributed by atoms with Gasteiger partial charge in [-0.2, -0.15) is 0 Å². The normalized spacial score (nSPS) is 12.4. The van der Waals surface area contributed by atoms with E-state index in [1.807, 2.05) is 44.2 Å². The predicted molar refractivity (Wildman–Crippen MR) is 71.6 cm³/mol. The van der Waals surface area contributed by atoms with Gasteiger partial charge in [0, 0.05) is 12.3 Å². The summed E-state index contributed by atoms with van der Waals surface area (Å²) in [6, 6.07) is 11.1. The van der Waals surface area contributed by atoms with Crippen molar-refractivity contribution < 1.29 is 5.11 Å². The zero-order chi connectivity index (χ0) is 13.1. The van der Waals surface area contributed by atoms with E-state index in [1.165, 1.54) is 4.57 Å². The molecule has 1 heterocycles. The van der Waals surface area contributed by atoms with E-state index in [0.717, 1.165) is 16.7 Å². The van der Waals surface area contributed by atoms with Crippen LogP contribution in [0.2, 0.25) is 0 Å². The van der Waals surface area contributed by atoms with Crippen molar-refractivity contribution >= 4 is 0 Å². The Bertz CT molecular complexity index is 601. The fourth-order valence-corrected chi connectivity index (χ4v) is 1.93. The number of hydrogen-bond donors (Lipinski definition) is 1. The summed E-state index contributed by atoms with van der Waals surface area (Å²) in [6.07, 6.45) is 1.06. The molecule has 0 aliphatic heterocycles. The molecule has 3 heteroatoms. The van der Waals surface area contributed by atoms with Gasteiger partial charge < -0.3 is 9.67 Å². The first-order valence-corrected chi connectivity index (χ1v) is 5.98. The largest absolute Gasteiger partial charge is 0.387 e. The molecular weight excluding hydrogens is 226 g/mol. The summed E-state index contributed by atoms with van der Waals surface area (Å²) in [4.78, 5) is 11.7. The summed E-state index contributed by atoms with van der Waals surface area (Å²) in [5.41, 5.74) is 2.79. The third-order valence-electron chi connectivity index (χ3n) is 2.95. The van der Waals surface area contributed by atoms with E-state index in [4.69, 9.17) is 0 Å². The van der Waals surface area contributed by atoms with E-state index >= 15 is 0 Å². The Labute approximate surface area is 106 Å². The van der Waals surface area contributed by atoms with Crippen LogP contribution in [0.25, 0.3) is 0 Å². The number of aromatic nitrogens is 1. The lowest BCUT2D eigenvalue weighted by molar-refractivity contribution is 0.155. The van der Waals surface area contributed by atoms with Gasteiger partial charge >= 0.3 is 0 Å². The minimum absolute atomic E-state index is 0.0818. The fraction of sp³-hybridized carbons (Fsp3) is 0.267. The molecule has 1 aromatic carbocycles. The number of benzene rings is 1. The van der Waals surface area contributed by atoms with Crippen LogP contribution in [0.15, 0.2) is 47.4 Å². The molecule has 0 aliphatic rings. The topological polar surface area (TPSA) is 42.2 Å². The summed E-state index contributed by atoms with van der Waals surface area (Å²) < 4.78 is 1.53. The second-order valence-corrected chi connectivity index (χ2v) is 4.62. The third-order valence-corrected chi connectivity index (χ3v) is 2.95. The zero-order valence-corrected chi connectivity index (χ0v) is 10.6. The zero-order valence-electron chi connectivity index (χ0n) is 10.6. The van der Waals surface area contributed by atoms with Crippen LogP contribution < -0.4 is 5.56 Å². The van der Waals surface area contributed by atoms with Crippen molar-refractivity contribution in [2.75, 3.05) is 0 Å². The van der Waals surface area contributed by atoms with Crippen molar-refractivity contribution in [3.63, 3.8) is 0 Å². The molecule has 2 aromatic rings. The number of nitrogens with zero attached hydrogens (tertiary/aromatic N) is 1. The summed E-state index contributed by atoms with van der Waals surface area (Å²) in [5, 5.41) is 10.1. The highest BCUT2D eigenvalue weighted by molar-refractivity contribution is 5.24. The highest BCUT2D eigenvalue weighted by atomic mass is 16.3. The summed E-state index contributed by atoms with van der Waals surface area (Å²) in [5.74, 6) is 0. The maximum Gasteiger partial charge on any atom is 0.250 e. The first-order chi connectivity index (χ1) is 8.56. The molecule has 0 bridgehead atoms. The summed E-state index contributed by atoms with van der Waals surface area (Å²) >= 11 is 0. The van der Waals surface area contributed by atoms with Crippen LogP contribution in [0.3, 0.4) is 0 Å². The Morgan fingerprint density at radius 3 is 2.56 bits per heavy atom.